The number of nitrogens with two attached hydrogens (primary N) is 1. The van der Waals surface area contributed by atoms with E-state index in [1.54, 1.807) is 6.07 Å². The smallest absolute Gasteiger partial charge is 0.222 e. The summed E-state index contributed by atoms with van der Waals surface area (Å²) in [5.74, 6) is 1.29. The van der Waals surface area contributed by atoms with Crippen LogP contribution < -0.4 is 10.5 Å². The average molecular weight is 244 g/mol. The Morgan fingerprint density at radius 2 is 2.11 bits per heavy atom. The van der Waals surface area contributed by atoms with Crippen molar-refractivity contribution < 1.29 is 9.26 Å². The fourth-order valence-corrected chi connectivity index (χ4v) is 2.36. The number of nitrogens with zero attached hydrogens (tertiary/aromatic N) is 1. The minimum absolute atomic E-state index is 0.350. The van der Waals surface area contributed by atoms with Crippen LogP contribution in [0.15, 0.2) is 28.8 Å². The summed E-state index contributed by atoms with van der Waals surface area (Å²) in [6.45, 7) is 0.588. The number of benzene rings is 1. The number of aryl methyl sites for hydroxylation is 2. The number of hydrogen-bond acceptors (Lipinski definition) is 4. The number of hydrogen-bond donors (Lipinski definition) is 1. The van der Waals surface area contributed by atoms with E-state index < -0.39 is 0 Å². The number of aromatic nitrogens is 1. The Morgan fingerprint density at radius 3 is 2.94 bits per heavy atom. The van der Waals surface area contributed by atoms with Crippen LogP contribution in [0.1, 0.15) is 23.2 Å². The lowest BCUT2D eigenvalue weighted by molar-refractivity contribution is 0.316. The number of nitrogen functional groups attached to an aromatic ring is 1. The summed E-state index contributed by atoms with van der Waals surface area (Å²) in [4.78, 5) is 0. The standard InChI is InChI=1S/C14H16N2O2/c15-14-9-12(16-18-14)6-7-17-13-5-4-10-2-1-3-11(10)8-13/h4-5,8-9H,1-3,6-7,15H2. The molecule has 0 saturated heterocycles. The van der Waals surface area contributed by atoms with Crippen LogP contribution in [0.3, 0.4) is 0 Å². The summed E-state index contributed by atoms with van der Waals surface area (Å²) in [6.07, 6.45) is 4.34. The summed E-state index contributed by atoms with van der Waals surface area (Å²) < 4.78 is 10.5. The molecule has 0 unspecified atom stereocenters. The van der Waals surface area contributed by atoms with E-state index in [1.165, 1.54) is 30.4 Å². The molecule has 1 aliphatic rings. The first-order valence-corrected chi connectivity index (χ1v) is 6.27. The Kier molecular flexibility index (Phi) is 2.92. The highest BCUT2D eigenvalue weighted by Gasteiger charge is 2.11. The maximum Gasteiger partial charge on any atom is 0.222 e. The third-order valence-corrected chi connectivity index (χ3v) is 3.27. The lowest BCUT2D eigenvalue weighted by Gasteiger charge is -2.07. The van der Waals surface area contributed by atoms with Crippen molar-refractivity contribution in [3.8, 4) is 5.75 Å². The van der Waals surface area contributed by atoms with Gasteiger partial charge in [0.1, 0.15) is 5.75 Å². The second-order valence-corrected chi connectivity index (χ2v) is 4.60. The number of rotatable bonds is 4. The van der Waals surface area contributed by atoms with Crippen LogP contribution in [-0.4, -0.2) is 11.8 Å². The van der Waals surface area contributed by atoms with E-state index >= 15 is 0 Å². The summed E-state index contributed by atoms with van der Waals surface area (Å²) in [6, 6.07) is 8.10. The minimum atomic E-state index is 0.350. The number of ether oxygens (including phenoxy) is 1. The first-order chi connectivity index (χ1) is 8.81. The van der Waals surface area contributed by atoms with Crippen molar-refractivity contribution in [2.45, 2.75) is 25.7 Å². The maximum absolute atomic E-state index is 5.72. The van der Waals surface area contributed by atoms with Crippen LogP contribution in [0.5, 0.6) is 5.75 Å². The van der Waals surface area contributed by atoms with Gasteiger partial charge in [0, 0.05) is 12.5 Å². The molecule has 0 atom stereocenters. The zero-order chi connectivity index (χ0) is 12.4. The van der Waals surface area contributed by atoms with Crippen molar-refractivity contribution in [2.24, 2.45) is 0 Å². The van der Waals surface area contributed by atoms with E-state index in [0.717, 1.165) is 11.4 Å². The largest absolute Gasteiger partial charge is 0.493 e. The maximum atomic E-state index is 5.72. The normalized spacial score (nSPS) is 13.6. The van der Waals surface area contributed by atoms with Gasteiger partial charge in [-0.1, -0.05) is 11.2 Å². The molecule has 0 spiro atoms. The van der Waals surface area contributed by atoms with E-state index in [2.05, 4.69) is 17.3 Å². The van der Waals surface area contributed by atoms with Gasteiger partial charge in [-0.05, 0) is 42.5 Å². The van der Waals surface area contributed by atoms with Crippen molar-refractivity contribution in [1.82, 2.24) is 5.16 Å². The Morgan fingerprint density at radius 1 is 1.22 bits per heavy atom. The second-order valence-electron chi connectivity index (χ2n) is 4.60. The summed E-state index contributed by atoms with van der Waals surface area (Å²) >= 11 is 0. The molecular formula is C14H16N2O2. The Balaban J connectivity index is 1.57. The summed E-state index contributed by atoms with van der Waals surface area (Å²) in [5, 5.41) is 3.82. The predicted molar refractivity (Wildman–Crippen MR) is 68.6 cm³/mol. The van der Waals surface area contributed by atoms with Crippen LogP contribution in [0.2, 0.25) is 0 Å². The first-order valence-electron chi connectivity index (χ1n) is 6.27. The van der Waals surface area contributed by atoms with Crippen molar-refractivity contribution in [3.05, 3.63) is 41.1 Å². The van der Waals surface area contributed by atoms with Gasteiger partial charge in [-0.2, -0.15) is 0 Å². The van der Waals surface area contributed by atoms with Crippen LogP contribution in [-0.2, 0) is 19.3 Å². The van der Waals surface area contributed by atoms with Crippen molar-refractivity contribution >= 4 is 5.88 Å². The quantitative estimate of drug-likeness (QED) is 0.896. The Bertz CT molecular complexity index is 548. The molecule has 18 heavy (non-hydrogen) atoms. The van der Waals surface area contributed by atoms with E-state index in [-0.39, 0.29) is 0 Å². The van der Waals surface area contributed by atoms with Gasteiger partial charge in [0.25, 0.3) is 0 Å². The number of anilines is 1. The van der Waals surface area contributed by atoms with Crippen molar-refractivity contribution in [1.29, 1.82) is 0 Å². The molecule has 0 fully saturated rings. The molecular weight excluding hydrogens is 228 g/mol. The predicted octanol–water partition coefficient (Wildman–Crippen LogP) is 2.37. The summed E-state index contributed by atoms with van der Waals surface area (Å²) in [5.41, 5.74) is 9.17. The highest BCUT2D eigenvalue weighted by molar-refractivity contribution is 5.38. The molecule has 1 aromatic carbocycles. The Labute approximate surface area is 106 Å². The van der Waals surface area contributed by atoms with E-state index in [0.29, 0.717) is 18.9 Å². The topological polar surface area (TPSA) is 61.3 Å². The zero-order valence-corrected chi connectivity index (χ0v) is 10.2. The molecule has 4 heteroatoms. The molecule has 2 N–H and O–H groups in total. The first kappa shape index (κ1) is 11.1. The molecule has 0 bridgehead atoms. The van der Waals surface area contributed by atoms with Gasteiger partial charge in [0.2, 0.25) is 5.88 Å². The van der Waals surface area contributed by atoms with Gasteiger partial charge >= 0.3 is 0 Å². The van der Waals surface area contributed by atoms with Crippen LogP contribution in [0.25, 0.3) is 0 Å². The molecule has 4 nitrogen and oxygen atoms in total. The fraction of sp³-hybridized carbons (Fsp3) is 0.357. The molecule has 1 aliphatic carbocycles. The van der Waals surface area contributed by atoms with Gasteiger partial charge < -0.3 is 15.0 Å². The lowest BCUT2D eigenvalue weighted by atomic mass is 10.1. The third kappa shape index (κ3) is 2.32. The molecule has 1 aromatic heterocycles. The minimum Gasteiger partial charge on any atom is -0.493 e. The van der Waals surface area contributed by atoms with Gasteiger partial charge in [-0.25, -0.2) is 0 Å². The van der Waals surface area contributed by atoms with E-state index in [4.69, 9.17) is 15.0 Å². The fourth-order valence-electron chi connectivity index (χ4n) is 2.36. The lowest BCUT2D eigenvalue weighted by Crippen LogP contribution is -2.02. The monoisotopic (exact) mass is 244 g/mol. The van der Waals surface area contributed by atoms with Crippen LogP contribution >= 0.6 is 0 Å². The number of fused-ring (bicyclic) bond motifs is 1. The molecule has 0 radical (unpaired) electrons. The van der Waals surface area contributed by atoms with Gasteiger partial charge in [-0.3, -0.25) is 0 Å². The van der Waals surface area contributed by atoms with E-state index in [9.17, 15) is 0 Å². The van der Waals surface area contributed by atoms with Gasteiger partial charge in [0.15, 0.2) is 0 Å². The van der Waals surface area contributed by atoms with Gasteiger partial charge in [0.05, 0.1) is 12.3 Å². The average Bonchev–Trinajstić information content (AvgIpc) is 2.97. The molecule has 0 aliphatic heterocycles. The van der Waals surface area contributed by atoms with Crippen LogP contribution in [0, 0.1) is 0 Å². The molecule has 94 valence electrons. The van der Waals surface area contributed by atoms with Gasteiger partial charge in [-0.15, -0.1) is 0 Å². The molecule has 2 aromatic rings. The Hall–Kier alpha value is -1.97. The van der Waals surface area contributed by atoms with Crippen molar-refractivity contribution in [3.63, 3.8) is 0 Å². The van der Waals surface area contributed by atoms with Crippen molar-refractivity contribution in [2.75, 3.05) is 12.3 Å². The molecule has 1 heterocycles. The second kappa shape index (κ2) is 4.72. The third-order valence-electron chi connectivity index (χ3n) is 3.27. The highest BCUT2D eigenvalue weighted by atomic mass is 16.5. The zero-order valence-electron chi connectivity index (χ0n) is 10.2. The molecule has 3 rings (SSSR count). The molecule has 0 amide bonds. The van der Waals surface area contributed by atoms with E-state index in [1.807, 2.05) is 6.07 Å². The SMILES string of the molecule is Nc1cc(CCOc2ccc3c(c2)CCC3)no1. The molecule has 0 saturated carbocycles. The van der Waals surface area contributed by atoms with Crippen LogP contribution in [0.4, 0.5) is 5.88 Å². The summed E-state index contributed by atoms with van der Waals surface area (Å²) in [7, 11) is 0. The highest BCUT2D eigenvalue weighted by Crippen LogP contribution is 2.26.